The minimum absolute atomic E-state index is 0.0589. The molecule has 0 aliphatic carbocycles. The zero-order valence-corrected chi connectivity index (χ0v) is 9.97. The fourth-order valence-electron chi connectivity index (χ4n) is 1.67. The molecule has 0 spiro atoms. The zero-order valence-electron chi connectivity index (χ0n) is 9.97. The lowest BCUT2D eigenvalue weighted by Crippen LogP contribution is -2.04. The van der Waals surface area contributed by atoms with Crippen LogP contribution in [0.1, 0.15) is 26.4 Å². The van der Waals surface area contributed by atoms with Crippen molar-refractivity contribution in [2.24, 2.45) is 0 Å². The van der Waals surface area contributed by atoms with Crippen LogP contribution in [0.2, 0.25) is 0 Å². The summed E-state index contributed by atoms with van der Waals surface area (Å²) in [5.41, 5.74) is 1.71. The Morgan fingerprint density at radius 2 is 1.94 bits per heavy atom. The van der Waals surface area contributed by atoms with Crippen LogP contribution in [0.25, 0.3) is 0 Å². The molecule has 0 radical (unpaired) electrons. The first-order chi connectivity index (χ1) is 8.70. The molecule has 0 atom stereocenters. The summed E-state index contributed by atoms with van der Waals surface area (Å²) in [5, 5.41) is 0. The third kappa shape index (κ3) is 2.66. The van der Waals surface area contributed by atoms with Crippen molar-refractivity contribution in [2.45, 2.75) is 6.42 Å². The maximum absolute atomic E-state index is 12.0. The van der Waals surface area contributed by atoms with Gasteiger partial charge >= 0.3 is 5.97 Å². The number of aromatic nitrogens is 1. The molecular weight excluding hydrogens is 230 g/mol. The molecule has 18 heavy (non-hydrogen) atoms. The number of benzene rings is 1. The van der Waals surface area contributed by atoms with Crippen LogP contribution in [0.4, 0.5) is 0 Å². The minimum Gasteiger partial charge on any atom is -0.465 e. The van der Waals surface area contributed by atoms with E-state index in [0.29, 0.717) is 17.7 Å². The maximum atomic E-state index is 12.0. The largest absolute Gasteiger partial charge is 0.465 e. The molecule has 0 bridgehead atoms. The van der Waals surface area contributed by atoms with Gasteiger partial charge < -0.3 is 9.72 Å². The number of hydrogen-bond acceptors (Lipinski definition) is 3. The van der Waals surface area contributed by atoms with Gasteiger partial charge in [0.15, 0.2) is 5.78 Å². The van der Waals surface area contributed by atoms with Gasteiger partial charge in [-0.05, 0) is 11.6 Å². The van der Waals surface area contributed by atoms with Gasteiger partial charge in [-0.15, -0.1) is 0 Å². The molecule has 0 saturated heterocycles. The second-order valence-electron chi connectivity index (χ2n) is 3.88. The number of ether oxygens (including phenoxy) is 1. The topological polar surface area (TPSA) is 59.2 Å². The maximum Gasteiger partial charge on any atom is 0.339 e. The van der Waals surface area contributed by atoms with Gasteiger partial charge in [-0.25, -0.2) is 4.79 Å². The molecule has 0 saturated carbocycles. The quantitative estimate of drug-likeness (QED) is 0.661. The SMILES string of the molecule is COC(=O)c1c[nH]c(C(=O)Cc2ccccc2)c1. The lowest BCUT2D eigenvalue weighted by molar-refractivity contribution is 0.0601. The van der Waals surface area contributed by atoms with E-state index in [1.807, 2.05) is 30.3 Å². The van der Waals surface area contributed by atoms with Crippen molar-refractivity contribution in [1.82, 2.24) is 4.98 Å². The number of rotatable bonds is 4. The van der Waals surface area contributed by atoms with Crippen molar-refractivity contribution < 1.29 is 14.3 Å². The molecule has 0 amide bonds. The highest BCUT2D eigenvalue weighted by atomic mass is 16.5. The van der Waals surface area contributed by atoms with Crippen LogP contribution >= 0.6 is 0 Å². The van der Waals surface area contributed by atoms with Crippen molar-refractivity contribution in [3.8, 4) is 0 Å². The van der Waals surface area contributed by atoms with E-state index in [-0.39, 0.29) is 5.78 Å². The van der Waals surface area contributed by atoms with Crippen LogP contribution in [0.3, 0.4) is 0 Å². The second-order valence-corrected chi connectivity index (χ2v) is 3.88. The molecule has 0 fully saturated rings. The van der Waals surface area contributed by atoms with E-state index >= 15 is 0 Å². The van der Waals surface area contributed by atoms with Crippen molar-refractivity contribution in [3.05, 3.63) is 59.4 Å². The molecule has 0 aliphatic heterocycles. The Hall–Kier alpha value is -2.36. The Balaban J connectivity index is 2.10. The molecule has 0 aliphatic rings. The zero-order chi connectivity index (χ0) is 13.0. The number of methoxy groups -OCH3 is 1. The molecule has 4 nitrogen and oxygen atoms in total. The standard InChI is InChI=1S/C14H13NO3/c1-18-14(17)11-8-12(15-9-11)13(16)7-10-5-3-2-4-6-10/h2-6,8-9,15H,7H2,1H3. The van der Waals surface area contributed by atoms with Crippen molar-refractivity contribution in [3.63, 3.8) is 0 Å². The monoisotopic (exact) mass is 243 g/mol. The fraction of sp³-hybridized carbons (Fsp3) is 0.143. The average Bonchev–Trinajstić information content (AvgIpc) is 2.88. The van der Waals surface area contributed by atoms with Crippen LogP contribution < -0.4 is 0 Å². The Morgan fingerprint density at radius 1 is 1.22 bits per heavy atom. The van der Waals surface area contributed by atoms with Crippen molar-refractivity contribution >= 4 is 11.8 Å². The minimum atomic E-state index is -0.454. The molecule has 1 aromatic carbocycles. The molecule has 1 heterocycles. The number of carbonyl (C=O) groups excluding carboxylic acids is 2. The molecule has 92 valence electrons. The summed E-state index contributed by atoms with van der Waals surface area (Å²) < 4.78 is 4.58. The highest BCUT2D eigenvalue weighted by Gasteiger charge is 2.13. The van der Waals surface area contributed by atoms with Gasteiger partial charge in [-0.2, -0.15) is 0 Å². The van der Waals surface area contributed by atoms with Gasteiger partial charge in [0.05, 0.1) is 18.4 Å². The average molecular weight is 243 g/mol. The van der Waals surface area contributed by atoms with Gasteiger partial charge in [-0.1, -0.05) is 30.3 Å². The predicted molar refractivity (Wildman–Crippen MR) is 66.6 cm³/mol. The van der Waals surface area contributed by atoms with E-state index in [1.54, 1.807) is 0 Å². The molecule has 4 heteroatoms. The number of carbonyl (C=O) groups is 2. The van der Waals surface area contributed by atoms with Crippen LogP contribution in [0.5, 0.6) is 0 Å². The molecule has 1 N–H and O–H groups in total. The van der Waals surface area contributed by atoms with E-state index in [2.05, 4.69) is 9.72 Å². The summed E-state index contributed by atoms with van der Waals surface area (Å²) in [4.78, 5) is 26.0. The molecule has 1 aromatic heterocycles. The Morgan fingerprint density at radius 3 is 2.61 bits per heavy atom. The number of hydrogen-bond donors (Lipinski definition) is 1. The molecule has 2 rings (SSSR count). The van der Waals surface area contributed by atoms with Crippen molar-refractivity contribution in [2.75, 3.05) is 7.11 Å². The number of ketones is 1. The molecule has 2 aromatic rings. The normalized spacial score (nSPS) is 10.1. The number of nitrogens with one attached hydrogen (secondary N) is 1. The number of aromatic amines is 1. The summed E-state index contributed by atoms with van der Waals surface area (Å²) >= 11 is 0. The lowest BCUT2D eigenvalue weighted by Gasteiger charge is -1.98. The summed E-state index contributed by atoms with van der Waals surface area (Å²) in [6.07, 6.45) is 1.78. The number of Topliss-reactive ketones (excluding diaryl/α,β-unsaturated/α-hetero) is 1. The van der Waals surface area contributed by atoms with E-state index in [9.17, 15) is 9.59 Å². The van der Waals surface area contributed by atoms with E-state index < -0.39 is 5.97 Å². The molecule has 0 unspecified atom stereocenters. The van der Waals surface area contributed by atoms with Crippen molar-refractivity contribution in [1.29, 1.82) is 0 Å². The summed E-state index contributed by atoms with van der Waals surface area (Å²) in [6, 6.07) is 11.0. The third-order valence-electron chi connectivity index (χ3n) is 2.61. The van der Waals surface area contributed by atoms with Crippen LogP contribution in [-0.2, 0) is 11.2 Å². The lowest BCUT2D eigenvalue weighted by atomic mass is 10.1. The number of H-pyrrole nitrogens is 1. The molecular formula is C14H13NO3. The van der Waals surface area contributed by atoms with Gasteiger partial charge in [0.25, 0.3) is 0 Å². The number of esters is 1. The van der Waals surface area contributed by atoms with E-state index in [1.165, 1.54) is 19.4 Å². The Bertz CT molecular complexity index is 557. The highest BCUT2D eigenvalue weighted by Crippen LogP contribution is 2.09. The fourth-order valence-corrected chi connectivity index (χ4v) is 1.67. The first-order valence-corrected chi connectivity index (χ1v) is 5.54. The van der Waals surface area contributed by atoms with Gasteiger partial charge in [0, 0.05) is 12.6 Å². The Kier molecular flexibility index (Phi) is 3.57. The highest BCUT2D eigenvalue weighted by molar-refractivity contribution is 5.99. The van der Waals surface area contributed by atoms with Gasteiger partial charge in [0.1, 0.15) is 0 Å². The van der Waals surface area contributed by atoms with Gasteiger partial charge in [-0.3, -0.25) is 4.79 Å². The van der Waals surface area contributed by atoms with Crippen LogP contribution in [0, 0.1) is 0 Å². The predicted octanol–water partition coefficient (Wildman–Crippen LogP) is 2.23. The summed E-state index contributed by atoms with van der Waals surface area (Å²) in [7, 11) is 1.31. The van der Waals surface area contributed by atoms with Gasteiger partial charge in [0.2, 0.25) is 0 Å². The Labute approximate surface area is 105 Å². The summed E-state index contributed by atoms with van der Waals surface area (Å²) in [6.45, 7) is 0. The first-order valence-electron chi connectivity index (χ1n) is 5.54. The smallest absolute Gasteiger partial charge is 0.339 e. The van der Waals surface area contributed by atoms with Crippen LogP contribution in [-0.4, -0.2) is 23.8 Å². The van der Waals surface area contributed by atoms with E-state index in [0.717, 1.165) is 5.56 Å². The van der Waals surface area contributed by atoms with E-state index in [4.69, 9.17) is 0 Å². The van der Waals surface area contributed by atoms with Crippen LogP contribution in [0.15, 0.2) is 42.6 Å². The summed E-state index contributed by atoms with van der Waals surface area (Å²) in [5.74, 6) is -0.513. The third-order valence-corrected chi connectivity index (χ3v) is 2.61. The second kappa shape index (κ2) is 5.31. The first kappa shape index (κ1) is 12.1.